The molecule has 2 aromatic rings. The molecular weight excluding hydrogens is 467 g/mol. The van der Waals surface area contributed by atoms with Crippen LogP contribution in [0.15, 0.2) is 48.5 Å². The van der Waals surface area contributed by atoms with Gasteiger partial charge in [-0.05, 0) is 55.4 Å². The summed E-state index contributed by atoms with van der Waals surface area (Å²) in [4.78, 5) is 28.8. The summed E-state index contributed by atoms with van der Waals surface area (Å²) in [5.41, 5.74) is 1.72. The summed E-state index contributed by atoms with van der Waals surface area (Å²) < 4.78 is 41.9. The number of nitrogens with zero attached hydrogens (tertiary/aromatic N) is 2. The molecule has 1 atom stereocenters. The van der Waals surface area contributed by atoms with Crippen molar-refractivity contribution in [2.75, 3.05) is 36.4 Å². The van der Waals surface area contributed by atoms with E-state index in [0.717, 1.165) is 18.4 Å². The van der Waals surface area contributed by atoms with Crippen LogP contribution in [0.4, 0.5) is 24.5 Å². The maximum Gasteiger partial charge on any atom is 0.282 e. The third kappa shape index (κ3) is 5.68. The molecule has 2 saturated heterocycles. The Morgan fingerprint density at radius 1 is 1.03 bits per heavy atom. The van der Waals surface area contributed by atoms with Gasteiger partial charge in [-0.1, -0.05) is 44.2 Å². The van der Waals surface area contributed by atoms with Crippen molar-refractivity contribution in [1.29, 1.82) is 0 Å². The third-order valence-corrected chi connectivity index (χ3v) is 7.50. The highest BCUT2D eigenvalue weighted by Gasteiger charge is 2.49. The first kappa shape index (κ1) is 26.0. The van der Waals surface area contributed by atoms with Gasteiger partial charge in [-0.15, -0.1) is 0 Å². The Kier molecular flexibility index (Phi) is 7.91. The first-order valence-corrected chi connectivity index (χ1v) is 12.8. The fraction of sp³-hybridized carbons (Fsp3) is 0.500. The first-order valence-electron chi connectivity index (χ1n) is 12.8. The van der Waals surface area contributed by atoms with E-state index >= 15 is 4.39 Å². The molecule has 5 nitrogen and oxygen atoms in total. The second-order valence-corrected chi connectivity index (χ2v) is 9.93. The van der Waals surface area contributed by atoms with Crippen LogP contribution in [0.25, 0.3) is 0 Å². The number of nitrogens with one attached hydrogen (secondary N) is 1. The van der Waals surface area contributed by atoms with Crippen LogP contribution in [0.5, 0.6) is 0 Å². The van der Waals surface area contributed by atoms with E-state index in [0.29, 0.717) is 37.3 Å². The lowest BCUT2D eigenvalue weighted by atomic mass is 9.78. The van der Waals surface area contributed by atoms with Gasteiger partial charge < -0.3 is 15.1 Å². The van der Waals surface area contributed by atoms with E-state index < -0.39 is 30.7 Å². The molecule has 0 aliphatic carbocycles. The van der Waals surface area contributed by atoms with E-state index in [4.69, 9.17) is 0 Å². The number of anilines is 2. The highest BCUT2D eigenvalue weighted by Crippen LogP contribution is 2.39. The van der Waals surface area contributed by atoms with Crippen molar-refractivity contribution in [3.63, 3.8) is 0 Å². The van der Waals surface area contributed by atoms with Crippen LogP contribution in [-0.2, 0) is 9.59 Å². The number of carbonyl (C=O) groups is 2. The molecule has 4 rings (SSSR count). The average molecular weight is 502 g/mol. The van der Waals surface area contributed by atoms with Gasteiger partial charge in [-0.25, -0.2) is 13.2 Å². The van der Waals surface area contributed by atoms with E-state index in [2.05, 4.69) is 5.32 Å². The Labute approximate surface area is 210 Å². The zero-order valence-corrected chi connectivity index (χ0v) is 20.9. The molecule has 0 bridgehead atoms. The quantitative estimate of drug-likeness (QED) is 0.507. The van der Waals surface area contributed by atoms with Crippen molar-refractivity contribution in [3.05, 3.63) is 59.9 Å². The van der Waals surface area contributed by atoms with Gasteiger partial charge in [0.2, 0.25) is 11.8 Å². The van der Waals surface area contributed by atoms with Gasteiger partial charge in [-0.3, -0.25) is 9.59 Å². The van der Waals surface area contributed by atoms with Crippen molar-refractivity contribution in [2.45, 2.75) is 51.4 Å². The number of halogens is 3. The van der Waals surface area contributed by atoms with E-state index in [9.17, 15) is 18.4 Å². The van der Waals surface area contributed by atoms with Crippen LogP contribution in [0.3, 0.4) is 0 Å². The van der Waals surface area contributed by atoms with Crippen LogP contribution in [0.2, 0.25) is 0 Å². The predicted molar refractivity (Wildman–Crippen MR) is 135 cm³/mol. The fourth-order valence-electron chi connectivity index (χ4n) is 5.36. The maximum absolute atomic E-state index is 15.0. The minimum Gasteiger partial charge on any atom is -0.369 e. The molecule has 1 N–H and O–H groups in total. The molecule has 1 unspecified atom stereocenters. The second kappa shape index (κ2) is 10.9. The summed E-state index contributed by atoms with van der Waals surface area (Å²) in [6.07, 6.45) is 2.74. The lowest BCUT2D eigenvalue weighted by Gasteiger charge is -2.43. The van der Waals surface area contributed by atoms with Gasteiger partial charge in [0.1, 0.15) is 5.82 Å². The van der Waals surface area contributed by atoms with E-state index in [1.165, 1.54) is 11.0 Å². The van der Waals surface area contributed by atoms with Crippen LogP contribution in [0.1, 0.15) is 51.0 Å². The molecule has 2 fully saturated rings. The van der Waals surface area contributed by atoms with Gasteiger partial charge in [-0.2, -0.15) is 0 Å². The number of likely N-dealkylation sites (tertiary alicyclic amines) is 1. The molecule has 2 amide bonds. The molecule has 0 spiro atoms. The van der Waals surface area contributed by atoms with Crippen LogP contribution >= 0.6 is 0 Å². The average Bonchev–Trinajstić information content (AvgIpc) is 2.85. The molecule has 2 heterocycles. The van der Waals surface area contributed by atoms with Gasteiger partial charge in [0, 0.05) is 24.7 Å². The number of rotatable bonds is 8. The molecule has 0 aromatic heterocycles. The van der Waals surface area contributed by atoms with Crippen molar-refractivity contribution in [1.82, 2.24) is 4.90 Å². The van der Waals surface area contributed by atoms with Crippen LogP contribution < -0.4 is 10.2 Å². The van der Waals surface area contributed by atoms with Gasteiger partial charge >= 0.3 is 0 Å². The molecular formula is C28H34F3N3O2. The van der Waals surface area contributed by atoms with Crippen LogP contribution in [-0.4, -0.2) is 48.8 Å². The summed E-state index contributed by atoms with van der Waals surface area (Å²) in [6.45, 7) is 3.95. The van der Waals surface area contributed by atoms with Gasteiger partial charge in [0.15, 0.2) is 0 Å². The minimum atomic E-state index is -2.81. The molecule has 8 heteroatoms. The number of benzene rings is 2. The van der Waals surface area contributed by atoms with Crippen molar-refractivity contribution >= 4 is 23.2 Å². The number of carbonyl (C=O) groups excluding carboxylic acids is 2. The molecule has 36 heavy (non-hydrogen) atoms. The van der Waals surface area contributed by atoms with E-state index in [-0.39, 0.29) is 23.7 Å². The highest BCUT2D eigenvalue weighted by atomic mass is 19.3. The topological polar surface area (TPSA) is 52.7 Å². The second-order valence-electron chi connectivity index (χ2n) is 9.93. The first-order chi connectivity index (χ1) is 17.2. The number of hydrogen-bond acceptors (Lipinski definition) is 3. The highest BCUT2D eigenvalue weighted by molar-refractivity contribution is 5.92. The lowest BCUT2D eigenvalue weighted by molar-refractivity contribution is -0.168. The van der Waals surface area contributed by atoms with Gasteiger partial charge in [0.05, 0.1) is 24.7 Å². The monoisotopic (exact) mass is 501 g/mol. The largest absolute Gasteiger partial charge is 0.369 e. The molecule has 2 aliphatic heterocycles. The van der Waals surface area contributed by atoms with Gasteiger partial charge in [0.25, 0.3) is 5.92 Å². The number of amides is 2. The number of hydrogen-bond donors (Lipinski definition) is 1. The summed E-state index contributed by atoms with van der Waals surface area (Å²) in [5, 5.41) is 2.80. The molecule has 194 valence electrons. The van der Waals surface area contributed by atoms with Crippen LogP contribution in [0, 0.1) is 17.7 Å². The van der Waals surface area contributed by atoms with E-state index in [1.54, 1.807) is 12.1 Å². The smallest absolute Gasteiger partial charge is 0.282 e. The summed E-state index contributed by atoms with van der Waals surface area (Å²) >= 11 is 0. The molecule has 2 aromatic carbocycles. The Balaban J connectivity index is 1.43. The number of piperidine rings is 1. The Morgan fingerprint density at radius 2 is 1.67 bits per heavy atom. The summed E-state index contributed by atoms with van der Waals surface area (Å²) in [6, 6.07) is 14.1. The fourth-order valence-corrected chi connectivity index (χ4v) is 5.36. The molecule has 0 radical (unpaired) electrons. The minimum absolute atomic E-state index is 0.0213. The normalized spacial score (nSPS) is 18.6. The molecule has 2 aliphatic rings. The zero-order chi connectivity index (χ0) is 25.9. The number of alkyl halides is 2. The Bertz CT molecular complexity index is 1060. The molecule has 0 saturated carbocycles. The SMILES string of the molecule is CCC(CC)C(=O)Nc1ccc(N2CCC(C(C(=O)N3CC(F)(F)C3)c3ccccc3)CC2)c(F)c1. The van der Waals surface area contributed by atoms with Crippen molar-refractivity contribution in [3.8, 4) is 0 Å². The van der Waals surface area contributed by atoms with Crippen molar-refractivity contribution < 1.29 is 22.8 Å². The lowest BCUT2D eigenvalue weighted by Crippen LogP contribution is -2.60. The van der Waals surface area contributed by atoms with Crippen molar-refractivity contribution in [2.24, 2.45) is 11.8 Å². The standard InChI is InChI=1S/C28H34F3N3O2/c1-3-19(4-2)26(35)32-22-10-11-24(23(29)16-22)33-14-12-21(13-15-33)25(20-8-6-5-7-9-20)27(36)34-17-28(30,31)18-34/h5-11,16,19,21,25H,3-4,12-15,17-18H2,1-2H3,(H,32,35). The van der Waals surface area contributed by atoms with E-state index in [1.807, 2.05) is 49.1 Å². The maximum atomic E-state index is 15.0. The summed E-state index contributed by atoms with van der Waals surface area (Å²) in [5.74, 6) is -4.19. The Hall–Kier alpha value is -3.03. The zero-order valence-electron chi connectivity index (χ0n) is 20.9. The third-order valence-electron chi connectivity index (χ3n) is 7.50. The predicted octanol–water partition coefficient (Wildman–Crippen LogP) is 5.68. The summed E-state index contributed by atoms with van der Waals surface area (Å²) in [7, 11) is 0. The Morgan fingerprint density at radius 3 is 2.22 bits per heavy atom.